The lowest BCUT2D eigenvalue weighted by molar-refractivity contribution is -0.122. The lowest BCUT2D eigenvalue weighted by Crippen LogP contribution is -2.23. The van der Waals surface area contributed by atoms with Gasteiger partial charge in [-0.1, -0.05) is 12.1 Å². The Morgan fingerprint density at radius 2 is 2.19 bits per heavy atom. The number of aromatic nitrogens is 2. The Kier molecular flexibility index (Phi) is 5.85. The van der Waals surface area contributed by atoms with Gasteiger partial charge in [0.1, 0.15) is 6.61 Å². The van der Waals surface area contributed by atoms with Crippen molar-refractivity contribution in [2.24, 2.45) is 5.73 Å². The number of carbonyl (C=O) groups is 1. The highest BCUT2D eigenvalue weighted by molar-refractivity contribution is 9.10. The summed E-state index contributed by atoms with van der Waals surface area (Å²) < 4.78 is 11.5. The molecule has 112 valence electrons. The largest absolute Gasteiger partial charge is 0.419 e. The van der Waals surface area contributed by atoms with Crippen LogP contribution in [0.2, 0.25) is 0 Å². The standard InChI is InChI=1S/C13H15BrN4O3/c14-10-4-2-1-3-9(10)13-18-17-12(21-13)7-16-5-6-20-8-11(15)19/h1-4,16H,5-8H2,(H2,15,19). The van der Waals surface area contributed by atoms with Gasteiger partial charge in [0.25, 0.3) is 0 Å². The van der Waals surface area contributed by atoms with Crippen LogP contribution in [0.1, 0.15) is 5.89 Å². The maximum absolute atomic E-state index is 10.5. The highest BCUT2D eigenvalue weighted by atomic mass is 79.9. The molecule has 0 spiro atoms. The molecule has 1 aromatic carbocycles. The predicted molar refractivity (Wildman–Crippen MR) is 79.2 cm³/mol. The normalized spacial score (nSPS) is 10.7. The van der Waals surface area contributed by atoms with Crippen molar-refractivity contribution in [1.82, 2.24) is 15.5 Å². The Morgan fingerprint density at radius 3 is 2.95 bits per heavy atom. The molecule has 2 rings (SSSR count). The van der Waals surface area contributed by atoms with Gasteiger partial charge in [-0.05, 0) is 28.1 Å². The van der Waals surface area contributed by atoms with Crippen molar-refractivity contribution in [1.29, 1.82) is 0 Å². The molecule has 3 N–H and O–H groups in total. The fraction of sp³-hybridized carbons (Fsp3) is 0.308. The Hall–Kier alpha value is -1.77. The molecule has 0 aliphatic rings. The average molecular weight is 355 g/mol. The SMILES string of the molecule is NC(=O)COCCNCc1nnc(-c2ccccc2Br)o1. The van der Waals surface area contributed by atoms with Crippen molar-refractivity contribution in [3.8, 4) is 11.5 Å². The highest BCUT2D eigenvalue weighted by Gasteiger charge is 2.10. The van der Waals surface area contributed by atoms with E-state index >= 15 is 0 Å². The number of rotatable bonds is 8. The van der Waals surface area contributed by atoms with Gasteiger partial charge in [0.2, 0.25) is 17.7 Å². The summed E-state index contributed by atoms with van der Waals surface area (Å²) in [7, 11) is 0. The van der Waals surface area contributed by atoms with E-state index < -0.39 is 5.91 Å². The molecule has 1 aromatic heterocycles. The van der Waals surface area contributed by atoms with Crippen LogP contribution in [0.3, 0.4) is 0 Å². The fourth-order valence-electron chi connectivity index (χ4n) is 1.58. The second-order valence-electron chi connectivity index (χ2n) is 4.18. The number of hydrogen-bond donors (Lipinski definition) is 2. The summed E-state index contributed by atoms with van der Waals surface area (Å²) in [4.78, 5) is 10.5. The zero-order valence-corrected chi connectivity index (χ0v) is 12.8. The van der Waals surface area contributed by atoms with E-state index in [-0.39, 0.29) is 6.61 Å². The minimum Gasteiger partial charge on any atom is -0.419 e. The topological polar surface area (TPSA) is 103 Å². The third kappa shape index (κ3) is 4.92. The Labute approximate surface area is 130 Å². The Morgan fingerprint density at radius 1 is 1.38 bits per heavy atom. The van der Waals surface area contributed by atoms with Crippen LogP contribution in [0.15, 0.2) is 33.2 Å². The lowest BCUT2D eigenvalue weighted by atomic mass is 10.2. The van der Waals surface area contributed by atoms with Crippen molar-refractivity contribution >= 4 is 21.8 Å². The molecule has 7 nitrogen and oxygen atoms in total. The van der Waals surface area contributed by atoms with E-state index in [0.717, 1.165) is 10.0 Å². The van der Waals surface area contributed by atoms with E-state index in [4.69, 9.17) is 14.9 Å². The van der Waals surface area contributed by atoms with Gasteiger partial charge in [-0.25, -0.2) is 0 Å². The third-order valence-corrected chi connectivity index (χ3v) is 3.21. The van der Waals surface area contributed by atoms with Crippen molar-refractivity contribution < 1.29 is 13.9 Å². The first kappa shape index (κ1) is 15.6. The molecule has 0 fully saturated rings. The number of nitrogens with one attached hydrogen (secondary N) is 1. The van der Waals surface area contributed by atoms with E-state index in [1.807, 2.05) is 24.3 Å². The van der Waals surface area contributed by atoms with Crippen molar-refractivity contribution in [3.05, 3.63) is 34.6 Å². The number of primary amides is 1. The smallest absolute Gasteiger partial charge is 0.248 e. The first-order chi connectivity index (χ1) is 10.2. The molecule has 0 atom stereocenters. The van der Waals surface area contributed by atoms with Crippen LogP contribution in [0.25, 0.3) is 11.5 Å². The van der Waals surface area contributed by atoms with Gasteiger partial charge < -0.3 is 20.2 Å². The monoisotopic (exact) mass is 354 g/mol. The molecule has 21 heavy (non-hydrogen) atoms. The second-order valence-corrected chi connectivity index (χ2v) is 5.03. The van der Waals surface area contributed by atoms with Crippen molar-refractivity contribution in [2.75, 3.05) is 19.8 Å². The zero-order chi connectivity index (χ0) is 15.1. The first-order valence-electron chi connectivity index (χ1n) is 6.31. The number of nitrogens with zero attached hydrogens (tertiary/aromatic N) is 2. The van der Waals surface area contributed by atoms with Crippen LogP contribution in [0.5, 0.6) is 0 Å². The average Bonchev–Trinajstić information content (AvgIpc) is 2.91. The van der Waals surface area contributed by atoms with Gasteiger partial charge in [-0.3, -0.25) is 4.79 Å². The molecule has 0 saturated heterocycles. The second kappa shape index (κ2) is 7.87. The summed E-state index contributed by atoms with van der Waals surface area (Å²) in [5.74, 6) is 0.463. The van der Waals surface area contributed by atoms with Gasteiger partial charge in [-0.15, -0.1) is 10.2 Å². The van der Waals surface area contributed by atoms with Crippen LogP contribution in [0.4, 0.5) is 0 Å². The van der Waals surface area contributed by atoms with Crippen molar-refractivity contribution in [3.63, 3.8) is 0 Å². The Bertz CT molecular complexity index is 603. The molecule has 0 aliphatic heterocycles. The number of halogens is 1. The maximum atomic E-state index is 10.5. The van der Waals surface area contributed by atoms with Crippen LogP contribution >= 0.6 is 15.9 Å². The highest BCUT2D eigenvalue weighted by Crippen LogP contribution is 2.26. The summed E-state index contributed by atoms with van der Waals surface area (Å²) in [5, 5.41) is 11.0. The molecule has 0 saturated carbocycles. The molecule has 0 aliphatic carbocycles. The van der Waals surface area contributed by atoms with Gasteiger partial charge in [0, 0.05) is 11.0 Å². The predicted octanol–water partition coefficient (Wildman–Crippen LogP) is 1.09. The lowest BCUT2D eigenvalue weighted by Gasteiger charge is -2.02. The molecule has 2 aromatic rings. The summed E-state index contributed by atoms with van der Waals surface area (Å²) in [6.07, 6.45) is 0. The molecular formula is C13H15BrN4O3. The third-order valence-electron chi connectivity index (χ3n) is 2.51. The van der Waals surface area contributed by atoms with E-state index in [2.05, 4.69) is 31.4 Å². The molecule has 8 heteroatoms. The number of ether oxygens (including phenoxy) is 1. The quantitative estimate of drug-likeness (QED) is 0.687. The van der Waals surface area contributed by atoms with Gasteiger partial charge >= 0.3 is 0 Å². The summed E-state index contributed by atoms with van der Waals surface area (Å²) in [6, 6.07) is 7.62. The fourth-order valence-corrected chi connectivity index (χ4v) is 2.04. The van der Waals surface area contributed by atoms with Crippen LogP contribution in [0, 0.1) is 0 Å². The first-order valence-corrected chi connectivity index (χ1v) is 7.10. The minimum absolute atomic E-state index is 0.0750. The summed E-state index contributed by atoms with van der Waals surface area (Å²) in [5.41, 5.74) is 5.80. The number of carbonyl (C=O) groups excluding carboxylic acids is 1. The van der Waals surface area contributed by atoms with Crippen molar-refractivity contribution in [2.45, 2.75) is 6.54 Å². The summed E-state index contributed by atoms with van der Waals surface area (Å²) in [6.45, 7) is 1.29. The molecule has 0 unspecified atom stereocenters. The molecule has 0 radical (unpaired) electrons. The number of nitrogens with two attached hydrogens (primary N) is 1. The van der Waals surface area contributed by atoms with Crippen LogP contribution in [-0.2, 0) is 16.1 Å². The molecule has 0 bridgehead atoms. The molecular weight excluding hydrogens is 340 g/mol. The van der Waals surface area contributed by atoms with E-state index in [1.54, 1.807) is 0 Å². The minimum atomic E-state index is -0.481. The molecule has 1 heterocycles. The van der Waals surface area contributed by atoms with E-state index in [0.29, 0.717) is 31.5 Å². The summed E-state index contributed by atoms with van der Waals surface area (Å²) >= 11 is 3.44. The number of benzene rings is 1. The molecule has 1 amide bonds. The van der Waals surface area contributed by atoms with Crippen LogP contribution in [-0.4, -0.2) is 35.9 Å². The van der Waals surface area contributed by atoms with E-state index in [1.165, 1.54) is 0 Å². The number of amides is 1. The van der Waals surface area contributed by atoms with Gasteiger partial charge in [0.05, 0.1) is 18.7 Å². The van der Waals surface area contributed by atoms with Crippen LogP contribution < -0.4 is 11.1 Å². The zero-order valence-electron chi connectivity index (χ0n) is 11.2. The maximum Gasteiger partial charge on any atom is 0.248 e. The van der Waals surface area contributed by atoms with Gasteiger partial charge in [-0.2, -0.15) is 0 Å². The van der Waals surface area contributed by atoms with Gasteiger partial charge in [0.15, 0.2) is 0 Å². The number of hydrogen-bond acceptors (Lipinski definition) is 6. The van der Waals surface area contributed by atoms with E-state index in [9.17, 15) is 4.79 Å². The Balaban J connectivity index is 1.79.